The highest BCUT2D eigenvalue weighted by atomic mass is 16.5. The molecule has 2 aliphatic heterocycles. The van der Waals surface area contributed by atoms with E-state index in [-0.39, 0.29) is 47.8 Å². The number of carbonyl (C=O) groups is 4. The number of nitrogens with one attached hydrogen (secondary N) is 4. The molecule has 0 bridgehead atoms. The third-order valence-electron chi connectivity index (χ3n) is 11.2. The summed E-state index contributed by atoms with van der Waals surface area (Å²) in [6.07, 6.45) is 5.50. The highest BCUT2D eigenvalue weighted by Crippen LogP contribution is 2.38. The van der Waals surface area contributed by atoms with Gasteiger partial charge in [-0.25, -0.2) is 19.6 Å². The lowest BCUT2D eigenvalue weighted by Crippen LogP contribution is -2.52. The van der Waals surface area contributed by atoms with Crippen LogP contribution < -0.4 is 10.6 Å². The van der Waals surface area contributed by atoms with Crippen molar-refractivity contribution >= 4 is 24.0 Å². The van der Waals surface area contributed by atoms with E-state index in [4.69, 9.17) is 9.47 Å². The zero-order valence-electron chi connectivity index (χ0n) is 34.5. The fourth-order valence-electron chi connectivity index (χ4n) is 7.88. The molecule has 0 unspecified atom stereocenters. The van der Waals surface area contributed by atoms with Crippen LogP contribution in [0.4, 0.5) is 9.59 Å². The number of imidazole rings is 2. The molecule has 2 aromatic heterocycles. The van der Waals surface area contributed by atoms with Gasteiger partial charge in [0.15, 0.2) is 0 Å². The first-order chi connectivity index (χ1) is 27.8. The van der Waals surface area contributed by atoms with Crippen molar-refractivity contribution in [2.75, 3.05) is 14.2 Å². The van der Waals surface area contributed by atoms with Gasteiger partial charge in [-0.3, -0.25) is 9.59 Å². The maximum Gasteiger partial charge on any atom is 0.407 e. The van der Waals surface area contributed by atoms with Crippen LogP contribution in [0, 0.1) is 23.7 Å². The summed E-state index contributed by atoms with van der Waals surface area (Å²) in [6.45, 7) is 11.6. The third kappa shape index (κ3) is 9.04. The zero-order chi connectivity index (χ0) is 41.7. The Bertz CT molecular complexity index is 2000. The molecule has 4 N–H and O–H groups in total. The number of carbonyl (C=O) groups excluding carboxylic acids is 4. The van der Waals surface area contributed by atoms with Gasteiger partial charge in [0.25, 0.3) is 0 Å². The minimum Gasteiger partial charge on any atom is -0.453 e. The molecular weight excluding hydrogens is 737 g/mol. The standard InChI is InChI=1S/C44H54N8O6/c1-25(2)37(49-43(55)57-7)41(53)51-27(5)9-21-35(51)39-45-23-33(47-39)31-17-13-29(14-18-31)11-12-30-15-19-32(20-16-30)34-24-46-40(48-34)36-22-10-28(6)52(36)42(54)38(26(3)4)50-44(56)58-8/h13-20,23-28,35-38H,9-10,21-22H2,1-8H3,(H,45,47)(H,46,48)(H,49,55)(H,50,56)/t27-,28-,35-,36-,37-,38-/m0/s1. The van der Waals surface area contributed by atoms with E-state index >= 15 is 0 Å². The molecule has 306 valence electrons. The van der Waals surface area contributed by atoms with Gasteiger partial charge in [0.1, 0.15) is 23.7 Å². The molecule has 14 heteroatoms. The molecule has 0 aliphatic carbocycles. The Labute approximate surface area is 339 Å². The van der Waals surface area contributed by atoms with E-state index in [0.29, 0.717) is 11.6 Å². The van der Waals surface area contributed by atoms with Crippen molar-refractivity contribution < 1.29 is 28.7 Å². The minimum atomic E-state index is -0.707. The van der Waals surface area contributed by atoms with E-state index in [1.54, 1.807) is 12.4 Å². The predicted octanol–water partition coefficient (Wildman–Crippen LogP) is 6.73. The monoisotopic (exact) mass is 790 g/mol. The predicted molar refractivity (Wildman–Crippen MR) is 219 cm³/mol. The smallest absolute Gasteiger partial charge is 0.407 e. The molecule has 0 saturated carbocycles. The number of hydrogen-bond acceptors (Lipinski definition) is 8. The summed E-state index contributed by atoms with van der Waals surface area (Å²) < 4.78 is 9.55. The lowest BCUT2D eigenvalue weighted by Gasteiger charge is -2.32. The van der Waals surface area contributed by atoms with Crippen LogP contribution >= 0.6 is 0 Å². The van der Waals surface area contributed by atoms with Crippen LogP contribution in [0.2, 0.25) is 0 Å². The van der Waals surface area contributed by atoms with Crippen molar-refractivity contribution in [2.45, 2.75) is 103 Å². The first-order valence-corrected chi connectivity index (χ1v) is 20.0. The Morgan fingerprint density at radius 2 is 1.00 bits per heavy atom. The second-order valence-corrected chi connectivity index (χ2v) is 15.9. The summed E-state index contributed by atoms with van der Waals surface area (Å²) in [4.78, 5) is 71.4. The summed E-state index contributed by atoms with van der Waals surface area (Å²) >= 11 is 0. The molecule has 14 nitrogen and oxygen atoms in total. The van der Waals surface area contributed by atoms with Crippen LogP contribution in [0.25, 0.3) is 22.5 Å². The molecular formula is C44H54N8O6. The fraction of sp³-hybridized carbons (Fsp3) is 0.455. The van der Waals surface area contributed by atoms with Gasteiger partial charge in [-0.05, 0) is 86.8 Å². The maximum absolute atomic E-state index is 13.7. The number of amides is 4. The normalized spacial score (nSPS) is 20.0. The molecule has 2 fully saturated rings. The van der Waals surface area contributed by atoms with Crippen molar-refractivity contribution in [1.29, 1.82) is 0 Å². The number of likely N-dealkylation sites (tertiary alicyclic amines) is 2. The van der Waals surface area contributed by atoms with Gasteiger partial charge < -0.3 is 39.9 Å². The zero-order valence-corrected chi connectivity index (χ0v) is 34.5. The lowest BCUT2D eigenvalue weighted by atomic mass is 10.0. The van der Waals surface area contributed by atoms with E-state index in [9.17, 15) is 19.2 Å². The van der Waals surface area contributed by atoms with Crippen LogP contribution in [-0.4, -0.2) is 92.1 Å². The Kier molecular flexibility index (Phi) is 12.9. The van der Waals surface area contributed by atoms with Crippen molar-refractivity contribution in [2.24, 2.45) is 11.8 Å². The van der Waals surface area contributed by atoms with Crippen LogP contribution in [-0.2, 0) is 19.1 Å². The molecule has 6 atom stereocenters. The van der Waals surface area contributed by atoms with Gasteiger partial charge in [-0.15, -0.1) is 0 Å². The molecule has 0 spiro atoms. The summed E-state index contributed by atoms with van der Waals surface area (Å²) in [7, 11) is 2.58. The number of rotatable bonds is 10. The van der Waals surface area contributed by atoms with Crippen molar-refractivity contribution in [3.8, 4) is 34.4 Å². The topological polar surface area (TPSA) is 175 Å². The largest absolute Gasteiger partial charge is 0.453 e. The second kappa shape index (κ2) is 18.0. The van der Waals surface area contributed by atoms with Gasteiger partial charge in [0.05, 0.1) is 50.1 Å². The molecule has 2 aromatic carbocycles. The number of methoxy groups -OCH3 is 2. The number of hydrogen-bond donors (Lipinski definition) is 4. The minimum absolute atomic E-state index is 0.00220. The number of benzene rings is 2. The van der Waals surface area contributed by atoms with E-state index in [2.05, 4.69) is 42.4 Å². The highest BCUT2D eigenvalue weighted by Gasteiger charge is 2.42. The Balaban J connectivity index is 1.10. The van der Waals surface area contributed by atoms with Crippen molar-refractivity contribution in [3.05, 3.63) is 83.7 Å². The SMILES string of the molecule is COC(=O)N[C@H](C(=O)N1[C@@H](C)CC[C@H]1c1ncc(-c2ccc(C#Cc3ccc(-c4cnc([C@@H]5CC[C@H](C)N5C(=O)[C@@H](NC(=O)OC)C(C)C)[nH]4)cc3)cc2)[nH]1)C(C)C. The quantitative estimate of drug-likeness (QED) is 0.128. The molecule has 0 radical (unpaired) electrons. The van der Waals surface area contributed by atoms with E-state index in [1.807, 2.05) is 99.9 Å². The second-order valence-electron chi connectivity index (χ2n) is 15.9. The van der Waals surface area contributed by atoms with Crippen molar-refractivity contribution in [3.63, 3.8) is 0 Å². The molecule has 2 saturated heterocycles. The Morgan fingerprint density at radius 3 is 1.33 bits per heavy atom. The van der Waals surface area contributed by atoms with Crippen LogP contribution in [0.15, 0.2) is 60.9 Å². The number of H-pyrrole nitrogens is 2. The number of nitrogens with zero attached hydrogens (tertiary/aromatic N) is 4. The third-order valence-corrected chi connectivity index (χ3v) is 11.2. The summed E-state index contributed by atoms with van der Waals surface area (Å²) in [5.74, 6) is 7.39. The molecule has 2 aliphatic rings. The number of aromatic nitrogens is 4. The van der Waals surface area contributed by atoms with E-state index < -0.39 is 24.3 Å². The average Bonchev–Trinajstić information content (AvgIpc) is 4.04. The van der Waals surface area contributed by atoms with Crippen molar-refractivity contribution in [1.82, 2.24) is 40.4 Å². The average molecular weight is 791 g/mol. The van der Waals surface area contributed by atoms with Gasteiger partial charge in [0.2, 0.25) is 11.8 Å². The Morgan fingerprint density at radius 1 is 0.638 bits per heavy atom. The molecule has 6 rings (SSSR count). The Hall–Kier alpha value is -6.10. The highest BCUT2D eigenvalue weighted by molar-refractivity contribution is 5.87. The van der Waals surface area contributed by atoms with Gasteiger partial charge >= 0.3 is 12.2 Å². The molecule has 4 heterocycles. The maximum atomic E-state index is 13.7. The first-order valence-electron chi connectivity index (χ1n) is 20.0. The number of aromatic amines is 2. The van der Waals surface area contributed by atoms with Gasteiger partial charge in [-0.2, -0.15) is 0 Å². The van der Waals surface area contributed by atoms with E-state index in [1.165, 1.54) is 14.2 Å². The fourth-order valence-corrected chi connectivity index (χ4v) is 7.88. The van der Waals surface area contributed by atoms with E-state index in [0.717, 1.165) is 59.3 Å². The van der Waals surface area contributed by atoms with Crippen LogP contribution in [0.3, 0.4) is 0 Å². The molecule has 4 aromatic rings. The lowest BCUT2D eigenvalue weighted by molar-refractivity contribution is -0.138. The van der Waals surface area contributed by atoms with Gasteiger partial charge in [0, 0.05) is 23.2 Å². The first kappa shape index (κ1) is 41.5. The molecule has 4 amide bonds. The number of ether oxygens (including phenoxy) is 2. The van der Waals surface area contributed by atoms with Crippen LogP contribution in [0.1, 0.15) is 102 Å². The number of alkyl carbamates (subject to hydrolysis) is 2. The molecule has 58 heavy (non-hydrogen) atoms. The van der Waals surface area contributed by atoms with Gasteiger partial charge in [-0.1, -0.05) is 63.8 Å². The van der Waals surface area contributed by atoms with Crippen LogP contribution in [0.5, 0.6) is 0 Å². The summed E-state index contributed by atoms with van der Waals surface area (Å²) in [5.41, 5.74) is 5.28. The summed E-state index contributed by atoms with van der Waals surface area (Å²) in [5, 5.41) is 5.41. The summed E-state index contributed by atoms with van der Waals surface area (Å²) in [6, 6.07) is 14.0.